The molecule has 0 fully saturated rings. The molecule has 0 saturated carbocycles. The molecule has 6 nitrogen and oxygen atoms in total. The summed E-state index contributed by atoms with van der Waals surface area (Å²) in [5.74, 6) is 6.02. The minimum atomic E-state index is 0.108. The molecule has 16 heavy (non-hydrogen) atoms. The Hall–Kier alpha value is -1.60. The van der Waals surface area contributed by atoms with E-state index in [-0.39, 0.29) is 11.8 Å². The summed E-state index contributed by atoms with van der Waals surface area (Å²) in [5, 5.41) is 0.108. The quantitative estimate of drug-likeness (QED) is 0.449. The summed E-state index contributed by atoms with van der Waals surface area (Å²) >= 11 is 4.72. The van der Waals surface area contributed by atoms with Gasteiger partial charge in [0, 0.05) is 0 Å². The summed E-state index contributed by atoms with van der Waals surface area (Å²) in [4.78, 5) is 4.17. The van der Waals surface area contributed by atoms with Crippen LogP contribution in [-0.2, 0) is 11.3 Å². The van der Waals surface area contributed by atoms with Crippen LogP contribution in [0.1, 0.15) is 5.69 Å². The molecule has 0 bridgehead atoms. The first-order valence-electron chi connectivity index (χ1n) is 4.42. The lowest BCUT2D eigenvalue weighted by atomic mass is 10.3. The van der Waals surface area contributed by atoms with Gasteiger partial charge in [-0.1, -0.05) is 0 Å². The van der Waals surface area contributed by atoms with Crippen LogP contribution >= 0.6 is 12.2 Å². The van der Waals surface area contributed by atoms with E-state index < -0.39 is 0 Å². The lowest BCUT2D eigenvalue weighted by Gasteiger charge is -2.09. The predicted octanol–water partition coefficient (Wildman–Crippen LogP) is 0.364. The molecule has 3 N–H and O–H groups in total. The van der Waals surface area contributed by atoms with Gasteiger partial charge in [0.25, 0.3) is 11.1 Å². The third kappa shape index (κ3) is 3.21. The fraction of sp³-hybridized carbons (Fsp3) is 0.333. The third-order valence-electron chi connectivity index (χ3n) is 1.77. The standard InChI is InChI=1S/C9H13N3O3S/c1-13-7-4-3-6(11-8(7)14-2)5-15-9(16)12-10/h3-4H,5,10H2,1-2H3,(H,12,16). The Morgan fingerprint density at radius 3 is 2.75 bits per heavy atom. The van der Waals surface area contributed by atoms with E-state index >= 15 is 0 Å². The van der Waals surface area contributed by atoms with Gasteiger partial charge >= 0.3 is 0 Å². The molecule has 0 aliphatic carbocycles. The summed E-state index contributed by atoms with van der Waals surface area (Å²) in [6, 6.07) is 3.49. The maximum atomic E-state index is 5.09. The monoisotopic (exact) mass is 243 g/mol. The molecule has 1 aromatic rings. The Balaban J connectivity index is 2.71. The van der Waals surface area contributed by atoms with Crippen LogP contribution < -0.4 is 20.7 Å². The van der Waals surface area contributed by atoms with Crippen molar-refractivity contribution in [3.63, 3.8) is 0 Å². The summed E-state index contributed by atoms with van der Waals surface area (Å²) in [6.45, 7) is 0.212. The Morgan fingerprint density at radius 2 is 2.19 bits per heavy atom. The molecule has 0 unspecified atom stereocenters. The van der Waals surface area contributed by atoms with Gasteiger partial charge in [0.05, 0.1) is 19.9 Å². The van der Waals surface area contributed by atoms with Crippen LogP contribution in [0, 0.1) is 0 Å². The number of thiocarbonyl (C=S) groups is 1. The number of hydrogen-bond acceptors (Lipinski definition) is 6. The first-order valence-corrected chi connectivity index (χ1v) is 4.83. The van der Waals surface area contributed by atoms with E-state index in [9.17, 15) is 0 Å². The van der Waals surface area contributed by atoms with Gasteiger partial charge in [-0.3, -0.25) is 5.43 Å². The van der Waals surface area contributed by atoms with Crippen molar-refractivity contribution >= 4 is 17.4 Å². The molecule has 0 atom stereocenters. The minimum absolute atomic E-state index is 0.108. The number of nitrogens with two attached hydrogens (primary N) is 1. The highest BCUT2D eigenvalue weighted by atomic mass is 32.1. The van der Waals surface area contributed by atoms with Crippen molar-refractivity contribution in [1.82, 2.24) is 10.4 Å². The van der Waals surface area contributed by atoms with Gasteiger partial charge in [-0.05, 0) is 24.4 Å². The van der Waals surface area contributed by atoms with E-state index in [1.54, 1.807) is 19.2 Å². The van der Waals surface area contributed by atoms with Gasteiger partial charge in [0.2, 0.25) is 0 Å². The van der Waals surface area contributed by atoms with E-state index in [2.05, 4.69) is 10.4 Å². The molecule has 0 aromatic carbocycles. The normalized spacial score (nSPS) is 9.44. The predicted molar refractivity (Wildman–Crippen MR) is 62.1 cm³/mol. The number of nitrogens with one attached hydrogen (secondary N) is 1. The molecule has 1 heterocycles. The van der Waals surface area contributed by atoms with Crippen LogP contribution in [0.25, 0.3) is 0 Å². The molecule has 0 saturated heterocycles. The van der Waals surface area contributed by atoms with Crippen LogP contribution in [0.4, 0.5) is 0 Å². The Labute approximate surface area is 98.7 Å². The van der Waals surface area contributed by atoms with Crippen molar-refractivity contribution in [2.75, 3.05) is 14.2 Å². The average molecular weight is 243 g/mol. The van der Waals surface area contributed by atoms with Crippen molar-refractivity contribution < 1.29 is 14.2 Å². The van der Waals surface area contributed by atoms with Crippen LogP contribution in [0.3, 0.4) is 0 Å². The number of aromatic nitrogens is 1. The number of hydrazine groups is 1. The zero-order chi connectivity index (χ0) is 12.0. The van der Waals surface area contributed by atoms with Crippen LogP contribution in [0.2, 0.25) is 0 Å². The number of pyridine rings is 1. The number of hydrogen-bond donors (Lipinski definition) is 2. The highest BCUT2D eigenvalue weighted by Gasteiger charge is 2.07. The molecule has 0 spiro atoms. The van der Waals surface area contributed by atoms with E-state index in [0.29, 0.717) is 17.3 Å². The summed E-state index contributed by atoms with van der Waals surface area (Å²) in [6.07, 6.45) is 0. The fourth-order valence-corrected chi connectivity index (χ4v) is 1.09. The molecule has 0 radical (unpaired) electrons. The second-order valence-electron chi connectivity index (χ2n) is 2.73. The second-order valence-corrected chi connectivity index (χ2v) is 3.11. The highest BCUT2D eigenvalue weighted by Crippen LogP contribution is 2.23. The highest BCUT2D eigenvalue weighted by molar-refractivity contribution is 7.80. The van der Waals surface area contributed by atoms with E-state index in [1.165, 1.54) is 7.11 Å². The van der Waals surface area contributed by atoms with Crippen molar-refractivity contribution in [1.29, 1.82) is 0 Å². The first kappa shape index (κ1) is 12.5. The van der Waals surface area contributed by atoms with Crippen molar-refractivity contribution in [3.8, 4) is 11.6 Å². The van der Waals surface area contributed by atoms with Gasteiger partial charge in [0.15, 0.2) is 5.75 Å². The number of methoxy groups -OCH3 is 2. The molecule has 0 aliphatic rings. The Morgan fingerprint density at radius 1 is 1.44 bits per heavy atom. The van der Waals surface area contributed by atoms with Crippen LogP contribution in [0.5, 0.6) is 11.6 Å². The van der Waals surface area contributed by atoms with E-state index in [4.69, 9.17) is 32.3 Å². The minimum Gasteiger partial charge on any atom is -0.491 e. The largest absolute Gasteiger partial charge is 0.491 e. The zero-order valence-electron chi connectivity index (χ0n) is 9.02. The molecule has 88 valence electrons. The average Bonchev–Trinajstić information content (AvgIpc) is 2.35. The maximum absolute atomic E-state index is 5.09. The molecule has 1 rings (SSSR count). The molecule has 0 amide bonds. The van der Waals surface area contributed by atoms with Crippen LogP contribution in [-0.4, -0.2) is 24.4 Å². The van der Waals surface area contributed by atoms with Gasteiger partial charge in [-0.25, -0.2) is 10.8 Å². The van der Waals surface area contributed by atoms with Gasteiger partial charge in [0.1, 0.15) is 6.61 Å². The van der Waals surface area contributed by atoms with Crippen molar-refractivity contribution in [2.45, 2.75) is 6.61 Å². The summed E-state index contributed by atoms with van der Waals surface area (Å²) in [5.41, 5.74) is 2.87. The second kappa shape index (κ2) is 6.09. The third-order valence-corrected chi connectivity index (χ3v) is 2.00. The lowest BCUT2D eigenvalue weighted by molar-refractivity contribution is 0.277. The molecular weight excluding hydrogens is 230 g/mol. The van der Waals surface area contributed by atoms with E-state index in [1.807, 2.05) is 0 Å². The van der Waals surface area contributed by atoms with Crippen molar-refractivity contribution in [2.24, 2.45) is 5.84 Å². The zero-order valence-corrected chi connectivity index (χ0v) is 9.84. The lowest BCUT2D eigenvalue weighted by Crippen LogP contribution is -2.30. The SMILES string of the molecule is COc1ccc(COC(=S)NN)nc1OC. The molecule has 1 aromatic heterocycles. The number of ether oxygens (including phenoxy) is 3. The number of rotatable bonds is 4. The molecule has 7 heteroatoms. The topological polar surface area (TPSA) is 78.6 Å². The van der Waals surface area contributed by atoms with E-state index in [0.717, 1.165) is 0 Å². The van der Waals surface area contributed by atoms with Crippen molar-refractivity contribution in [3.05, 3.63) is 17.8 Å². The smallest absolute Gasteiger partial charge is 0.271 e. The van der Waals surface area contributed by atoms with Gasteiger partial charge < -0.3 is 14.2 Å². The Kier molecular flexibility index (Phi) is 4.74. The molecular formula is C9H13N3O3S. The first-order chi connectivity index (χ1) is 7.71. The van der Waals surface area contributed by atoms with Gasteiger partial charge in [-0.15, -0.1) is 0 Å². The van der Waals surface area contributed by atoms with Crippen LogP contribution in [0.15, 0.2) is 12.1 Å². The summed E-state index contributed by atoms with van der Waals surface area (Å²) in [7, 11) is 3.06. The van der Waals surface area contributed by atoms with Gasteiger partial charge in [-0.2, -0.15) is 0 Å². The maximum Gasteiger partial charge on any atom is 0.271 e. The Bertz CT molecular complexity index is 373. The summed E-state index contributed by atoms with van der Waals surface area (Å²) < 4.78 is 15.2. The number of nitrogens with zero attached hydrogens (tertiary/aromatic N) is 1. The fourth-order valence-electron chi connectivity index (χ4n) is 1.03. The molecule has 0 aliphatic heterocycles.